The van der Waals surface area contributed by atoms with Crippen LogP contribution in [0.2, 0.25) is 0 Å². The van der Waals surface area contributed by atoms with Gasteiger partial charge in [-0.25, -0.2) is 0 Å². The number of hydrogen-bond donors (Lipinski definition) is 2. The van der Waals surface area contributed by atoms with Crippen molar-refractivity contribution in [2.24, 2.45) is 0 Å². The summed E-state index contributed by atoms with van der Waals surface area (Å²) in [5, 5.41) is 5.76. The monoisotopic (exact) mass is 394 g/mol. The lowest BCUT2D eigenvalue weighted by Crippen LogP contribution is -2.59. The molecule has 0 aromatic heterocycles. The Labute approximate surface area is 172 Å². The van der Waals surface area contributed by atoms with E-state index < -0.39 is 0 Å². The van der Waals surface area contributed by atoms with Crippen LogP contribution in [0, 0.1) is 0 Å². The van der Waals surface area contributed by atoms with Crippen LogP contribution in [0.3, 0.4) is 0 Å². The minimum Gasteiger partial charge on any atom is -0.358 e. The highest BCUT2D eigenvalue weighted by Gasteiger charge is 2.33. The lowest BCUT2D eigenvalue weighted by Gasteiger charge is -2.40. The van der Waals surface area contributed by atoms with E-state index in [9.17, 15) is 9.59 Å². The fourth-order valence-corrected chi connectivity index (χ4v) is 3.79. The molecule has 1 fully saturated rings. The molecule has 0 radical (unpaired) electrons. The molecule has 1 aliphatic heterocycles. The summed E-state index contributed by atoms with van der Waals surface area (Å²) in [6.07, 6.45) is 0.857. The van der Waals surface area contributed by atoms with Gasteiger partial charge in [0.25, 0.3) is 0 Å². The predicted octanol–water partition coefficient (Wildman–Crippen LogP) is 2.12. The van der Waals surface area contributed by atoms with Crippen molar-refractivity contribution < 1.29 is 9.59 Å². The molecule has 2 aromatic carbocycles. The van der Waals surface area contributed by atoms with Crippen LogP contribution in [0.1, 0.15) is 18.1 Å². The number of anilines is 1. The first-order valence-electron chi connectivity index (χ1n) is 10.2. The lowest BCUT2D eigenvalue weighted by atomic mass is 10.1. The molecule has 6 nitrogen and oxygen atoms in total. The maximum atomic E-state index is 12.7. The van der Waals surface area contributed by atoms with E-state index in [0.717, 1.165) is 30.8 Å². The zero-order valence-corrected chi connectivity index (χ0v) is 17.2. The molecule has 154 valence electrons. The van der Waals surface area contributed by atoms with Gasteiger partial charge in [0.1, 0.15) is 6.04 Å². The number of amides is 2. The van der Waals surface area contributed by atoms with Gasteiger partial charge in [-0.05, 0) is 23.6 Å². The van der Waals surface area contributed by atoms with Gasteiger partial charge in [-0.15, -0.1) is 0 Å². The van der Waals surface area contributed by atoms with E-state index >= 15 is 0 Å². The summed E-state index contributed by atoms with van der Waals surface area (Å²) in [4.78, 5) is 29.4. The molecule has 1 heterocycles. The molecule has 0 bridgehead atoms. The third kappa shape index (κ3) is 5.65. The minimum atomic E-state index is -0.343. The summed E-state index contributed by atoms with van der Waals surface area (Å²) in [5.41, 5.74) is 3.18. The molecule has 2 aromatic rings. The molecular weight excluding hydrogens is 364 g/mol. The number of nitrogens with zero attached hydrogens (tertiary/aromatic N) is 2. The first kappa shape index (κ1) is 21.0. The van der Waals surface area contributed by atoms with E-state index in [-0.39, 0.29) is 24.4 Å². The van der Waals surface area contributed by atoms with Crippen molar-refractivity contribution in [2.75, 3.05) is 38.5 Å². The van der Waals surface area contributed by atoms with Crippen LogP contribution in [0.5, 0.6) is 0 Å². The van der Waals surface area contributed by atoms with Crippen LogP contribution in [-0.2, 0) is 22.6 Å². The van der Waals surface area contributed by atoms with Crippen LogP contribution < -0.4 is 10.6 Å². The molecule has 2 amide bonds. The molecule has 1 atom stereocenters. The standard InChI is InChI=1S/C23H30N4O2/c1-3-19-11-7-8-12-20(19)25-22(28)17-27-14-13-26(16-21(27)23(29)24-2)15-18-9-5-4-6-10-18/h4-12,21H,3,13-17H2,1-2H3,(H,24,29)(H,25,28)/t21-/m0/s1. The predicted molar refractivity (Wildman–Crippen MR) is 116 cm³/mol. The first-order valence-corrected chi connectivity index (χ1v) is 10.2. The highest BCUT2D eigenvalue weighted by Crippen LogP contribution is 2.17. The fraction of sp³-hybridized carbons (Fsp3) is 0.391. The highest BCUT2D eigenvalue weighted by atomic mass is 16.2. The third-order valence-electron chi connectivity index (χ3n) is 5.39. The quantitative estimate of drug-likeness (QED) is 0.755. The second-order valence-corrected chi connectivity index (χ2v) is 7.38. The van der Waals surface area contributed by atoms with E-state index in [0.29, 0.717) is 13.1 Å². The second kappa shape index (κ2) is 10.2. The van der Waals surface area contributed by atoms with Gasteiger partial charge in [0, 0.05) is 38.9 Å². The molecule has 0 aliphatic carbocycles. The summed E-state index contributed by atoms with van der Waals surface area (Å²) >= 11 is 0. The van der Waals surface area contributed by atoms with Gasteiger partial charge in [-0.2, -0.15) is 0 Å². The smallest absolute Gasteiger partial charge is 0.238 e. The molecule has 0 spiro atoms. The molecule has 0 saturated carbocycles. The maximum absolute atomic E-state index is 12.7. The third-order valence-corrected chi connectivity index (χ3v) is 5.39. The first-order chi connectivity index (χ1) is 14.1. The average molecular weight is 395 g/mol. The van der Waals surface area contributed by atoms with E-state index in [1.165, 1.54) is 5.56 Å². The number of rotatable bonds is 7. The number of para-hydroxylation sites is 1. The Morgan fingerprint density at radius 1 is 1.03 bits per heavy atom. The van der Waals surface area contributed by atoms with E-state index in [1.807, 2.05) is 47.4 Å². The van der Waals surface area contributed by atoms with Crippen molar-refractivity contribution in [2.45, 2.75) is 25.9 Å². The normalized spacial score (nSPS) is 17.7. The van der Waals surface area contributed by atoms with E-state index in [4.69, 9.17) is 0 Å². The Hall–Kier alpha value is -2.70. The van der Waals surface area contributed by atoms with Gasteiger partial charge in [0.2, 0.25) is 11.8 Å². The van der Waals surface area contributed by atoms with Gasteiger partial charge >= 0.3 is 0 Å². The summed E-state index contributed by atoms with van der Waals surface area (Å²) in [7, 11) is 1.65. The van der Waals surface area contributed by atoms with Crippen molar-refractivity contribution in [3.8, 4) is 0 Å². The lowest BCUT2D eigenvalue weighted by molar-refractivity contribution is -0.130. The molecule has 2 N–H and O–H groups in total. The van der Waals surface area contributed by atoms with Gasteiger partial charge in [-0.3, -0.25) is 19.4 Å². The second-order valence-electron chi connectivity index (χ2n) is 7.38. The fourth-order valence-electron chi connectivity index (χ4n) is 3.79. The summed E-state index contributed by atoms with van der Waals surface area (Å²) < 4.78 is 0. The summed E-state index contributed by atoms with van der Waals surface area (Å²) in [6, 6.07) is 17.7. The van der Waals surface area contributed by atoms with Crippen LogP contribution in [-0.4, -0.2) is 60.9 Å². The number of benzene rings is 2. The average Bonchev–Trinajstić information content (AvgIpc) is 2.75. The Balaban J connectivity index is 1.63. The van der Waals surface area contributed by atoms with Crippen molar-refractivity contribution in [1.29, 1.82) is 0 Å². The number of likely N-dealkylation sites (N-methyl/N-ethyl adjacent to an activating group) is 1. The van der Waals surface area contributed by atoms with Crippen LogP contribution >= 0.6 is 0 Å². The van der Waals surface area contributed by atoms with E-state index in [1.54, 1.807) is 7.05 Å². The number of nitrogens with one attached hydrogen (secondary N) is 2. The number of carbonyl (C=O) groups excluding carboxylic acids is 2. The Morgan fingerprint density at radius 3 is 2.48 bits per heavy atom. The van der Waals surface area contributed by atoms with Crippen LogP contribution in [0.15, 0.2) is 54.6 Å². The number of hydrogen-bond acceptors (Lipinski definition) is 4. The Morgan fingerprint density at radius 2 is 1.76 bits per heavy atom. The number of piperazine rings is 1. The zero-order chi connectivity index (χ0) is 20.6. The molecule has 3 rings (SSSR count). The number of aryl methyl sites for hydroxylation is 1. The highest BCUT2D eigenvalue weighted by molar-refractivity contribution is 5.93. The van der Waals surface area contributed by atoms with Gasteiger partial charge in [-0.1, -0.05) is 55.5 Å². The largest absolute Gasteiger partial charge is 0.358 e. The van der Waals surface area contributed by atoms with Crippen molar-refractivity contribution in [1.82, 2.24) is 15.1 Å². The van der Waals surface area contributed by atoms with Gasteiger partial charge in [0.05, 0.1) is 6.54 Å². The topological polar surface area (TPSA) is 64.7 Å². The molecular formula is C23H30N4O2. The zero-order valence-electron chi connectivity index (χ0n) is 17.2. The SMILES string of the molecule is CCc1ccccc1NC(=O)CN1CCN(Cc2ccccc2)C[C@H]1C(=O)NC. The molecule has 1 saturated heterocycles. The van der Waals surface area contributed by atoms with E-state index in [2.05, 4.69) is 34.6 Å². The molecule has 0 unspecified atom stereocenters. The van der Waals surface area contributed by atoms with Gasteiger partial charge < -0.3 is 10.6 Å². The molecule has 29 heavy (non-hydrogen) atoms. The minimum absolute atomic E-state index is 0.0514. The van der Waals surface area contributed by atoms with Crippen molar-refractivity contribution in [3.63, 3.8) is 0 Å². The summed E-state index contributed by atoms with van der Waals surface area (Å²) in [5.74, 6) is -0.138. The summed E-state index contributed by atoms with van der Waals surface area (Å²) in [6.45, 7) is 5.18. The van der Waals surface area contributed by atoms with Crippen LogP contribution in [0.25, 0.3) is 0 Å². The Kier molecular flexibility index (Phi) is 7.38. The number of carbonyl (C=O) groups is 2. The molecule has 6 heteroatoms. The van der Waals surface area contributed by atoms with Crippen molar-refractivity contribution in [3.05, 3.63) is 65.7 Å². The van der Waals surface area contributed by atoms with Gasteiger partial charge in [0.15, 0.2) is 0 Å². The molecule has 1 aliphatic rings. The Bertz CT molecular complexity index is 825. The van der Waals surface area contributed by atoms with Crippen LogP contribution in [0.4, 0.5) is 5.69 Å². The van der Waals surface area contributed by atoms with Crippen molar-refractivity contribution >= 4 is 17.5 Å². The maximum Gasteiger partial charge on any atom is 0.238 e.